The number of nitrogens with one attached hydrogen (secondary N) is 1. The van der Waals surface area contributed by atoms with E-state index in [1.807, 2.05) is 41.2 Å². The van der Waals surface area contributed by atoms with Crippen LogP contribution in [0.2, 0.25) is 0 Å². The van der Waals surface area contributed by atoms with Crippen LogP contribution < -0.4 is 5.32 Å². The predicted molar refractivity (Wildman–Crippen MR) is 106 cm³/mol. The Hall–Kier alpha value is -2.28. The van der Waals surface area contributed by atoms with E-state index in [1.54, 1.807) is 6.92 Å². The van der Waals surface area contributed by atoms with E-state index in [0.717, 1.165) is 31.2 Å². The van der Waals surface area contributed by atoms with Gasteiger partial charge >= 0.3 is 5.97 Å². The van der Waals surface area contributed by atoms with Gasteiger partial charge in [-0.15, -0.1) is 0 Å². The second-order valence-electron chi connectivity index (χ2n) is 6.56. The van der Waals surface area contributed by atoms with E-state index in [-0.39, 0.29) is 18.4 Å². The molecule has 27 heavy (non-hydrogen) atoms. The lowest BCUT2D eigenvalue weighted by atomic mass is 10.1. The van der Waals surface area contributed by atoms with Gasteiger partial charge in [0.05, 0.1) is 13.2 Å². The smallest absolute Gasteiger partial charge is 0.358 e. The van der Waals surface area contributed by atoms with Crippen molar-refractivity contribution >= 4 is 29.5 Å². The van der Waals surface area contributed by atoms with Gasteiger partial charge in [-0.25, -0.2) is 9.78 Å². The molecule has 1 fully saturated rings. The number of carbonyl (C=O) groups excluding carboxylic acids is 2. The Morgan fingerprint density at radius 2 is 1.96 bits per heavy atom. The number of rotatable bonds is 7. The van der Waals surface area contributed by atoms with E-state index in [0.29, 0.717) is 23.2 Å². The maximum Gasteiger partial charge on any atom is 0.358 e. The average molecular weight is 388 g/mol. The lowest BCUT2D eigenvalue weighted by molar-refractivity contribution is -0.119. The Balaban J connectivity index is 1.96. The number of amides is 1. The van der Waals surface area contributed by atoms with Crippen molar-refractivity contribution in [1.29, 1.82) is 0 Å². The van der Waals surface area contributed by atoms with Crippen LogP contribution in [-0.2, 0) is 16.1 Å². The first kappa shape index (κ1) is 19.5. The van der Waals surface area contributed by atoms with Gasteiger partial charge in [-0.2, -0.15) is 0 Å². The average Bonchev–Trinajstić information content (AvgIpc) is 3.31. The summed E-state index contributed by atoms with van der Waals surface area (Å²) >= 11 is 1.44. The van der Waals surface area contributed by atoms with Crippen LogP contribution in [0.25, 0.3) is 0 Å². The van der Waals surface area contributed by atoms with Crippen LogP contribution in [0, 0.1) is 5.92 Å². The summed E-state index contributed by atoms with van der Waals surface area (Å²) < 4.78 is 7.07. The topological polar surface area (TPSA) is 73.2 Å². The van der Waals surface area contributed by atoms with Crippen LogP contribution in [0.1, 0.15) is 48.7 Å². The zero-order valence-corrected chi connectivity index (χ0v) is 16.6. The fourth-order valence-electron chi connectivity index (χ4n) is 3.40. The van der Waals surface area contributed by atoms with Gasteiger partial charge in [0.2, 0.25) is 5.91 Å². The standard InChI is InChI=1S/C20H25N3O3S/c1-3-26-19(25)16-17(21-18(24)15-11-7-8-12-15)22-20(27-2)23(16)13-14-9-5-4-6-10-14/h4-6,9-10,15H,3,7-8,11-13H2,1-2H3,(H,21,24). The van der Waals surface area contributed by atoms with Crippen LogP contribution in [0.4, 0.5) is 5.82 Å². The molecule has 2 aromatic rings. The summed E-state index contributed by atoms with van der Waals surface area (Å²) in [6.45, 7) is 2.51. The first-order valence-electron chi connectivity index (χ1n) is 9.30. The molecule has 0 spiro atoms. The van der Waals surface area contributed by atoms with E-state index in [9.17, 15) is 9.59 Å². The van der Waals surface area contributed by atoms with Crippen LogP contribution in [-0.4, -0.2) is 34.3 Å². The molecule has 6 nitrogen and oxygen atoms in total. The largest absolute Gasteiger partial charge is 0.461 e. The van der Waals surface area contributed by atoms with Crippen molar-refractivity contribution in [1.82, 2.24) is 9.55 Å². The van der Waals surface area contributed by atoms with Crippen LogP contribution in [0.5, 0.6) is 0 Å². The fourth-order valence-corrected chi connectivity index (χ4v) is 3.96. The van der Waals surface area contributed by atoms with Crippen molar-refractivity contribution in [3.8, 4) is 0 Å². The van der Waals surface area contributed by atoms with Gasteiger partial charge in [0.15, 0.2) is 16.7 Å². The van der Waals surface area contributed by atoms with Gasteiger partial charge in [-0.1, -0.05) is 54.9 Å². The molecule has 3 rings (SSSR count). The summed E-state index contributed by atoms with van der Waals surface area (Å²) in [6, 6.07) is 9.85. The van der Waals surface area contributed by atoms with Crippen LogP contribution in [0.15, 0.2) is 35.5 Å². The molecule has 1 amide bonds. The Morgan fingerprint density at radius 3 is 2.59 bits per heavy atom. The second-order valence-corrected chi connectivity index (χ2v) is 7.33. The van der Waals surface area contributed by atoms with Gasteiger partial charge in [-0.3, -0.25) is 4.79 Å². The highest BCUT2D eigenvalue weighted by molar-refractivity contribution is 7.98. The molecular formula is C20H25N3O3S. The highest BCUT2D eigenvalue weighted by atomic mass is 32.2. The van der Waals surface area contributed by atoms with E-state index < -0.39 is 5.97 Å². The maximum absolute atomic E-state index is 12.7. The summed E-state index contributed by atoms with van der Waals surface area (Å²) in [5.74, 6) is -0.235. The quantitative estimate of drug-likeness (QED) is 0.575. The van der Waals surface area contributed by atoms with Crippen molar-refractivity contribution in [3.63, 3.8) is 0 Å². The number of hydrogen-bond donors (Lipinski definition) is 1. The highest BCUT2D eigenvalue weighted by Gasteiger charge is 2.29. The van der Waals surface area contributed by atoms with Gasteiger partial charge < -0.3 is 14.6 Å². The Labute approximate surface area is 163 Å². The predicted octanol–water partition coefficient (Wildman–Crippen LogP) is 3.96. The third kappa shape index (κ3) is 4.53. The number of aromatic nitrogens is 2. The van der Waals surface area contributed by atoms with Crippen molar-refractivity contribution in [2.75, 3.05) is 18.2 Å². The number of imidazole rings is 1. The van der Waals surface area contributed by atoms with Gasteiger partial charge in [0, 0.05) is 5.92 Å². The molecule has 0 aliphatic heterocycles. The van der Waals surface area contributed by atoms with Gasteiger partial charge in [-0.05, 0) is 31.6 Å². The zero-order valence-electron chi connectivity index (χ0n) is 15.7. The van der Waals surface area contributed by atoms with E-state index >= 15 is 0 Å². The van der Waals surface area contributed by atoms with E-state index in [2.05, 4.69) is 10.3 Å². The van der Waals surface area contributed by atoms with Crippen LogP contribution >= 0.6 is 11.8 Å². The Morgan fingerprint density at radius 1 is 1.26 bits per heavy atom. The molecule has 144 valence electrons. The van der Waals surface area contributed by atoms with Crippen molar-refractivity contribution in [2.45, 2.75) is 44.3 Å². The minimum atomic E-state index is -0.469. The SMILES string of the molecule is CCOC(=O)c1c(NC(=O)C2CCCC2)nc(SC)n1Cc1ccccc1. The molecule has 1 aromatic carbocycles. The number of nitrogens with zero attached hydrogens (tertiary/aromatic N) is 2. The molecular weight excluding hydrogens is 362 g/mol. The lowest BCUT2D eigenvalue weighted by Gasteiger charge is -2.12. The highest BCUT2D eigenvalue weighted by Crippen LogP contribution is 2.29. The Kier molecular flexibility index (Phi) is 6.55. The minimum absolute atomic E-state index is 0.00273. The number of ether oxygens (including phenoxy) is 1. The third-order valence-corrected chi connectivity index (χ3v) is 5.41. The molecule has 1 aliphatic carbocycles. The molecule has 1 aliphatic rings. The van der Waals surface area contributed by atoms with Crippen molar-refractivity contribution in [3.05, 3.63) is 41.6 Å². The number of thioether (sulfide) groups is 1. The maximum atomic E-state index is 12.7. The number of benzene rings is 1. The molecule has 0 radical (unpaired) electrons. The van der Waals surface area contributed by atoms with Crippen molar-refractivity contribution in [2.24, 2.45) is 5.92 Å². The molecule has 1 saturated carbocycles. The Bertz CT molecular complexity index is 798. The van der Waals surface area contributed by atoms with E-state index in [1.165, 1.54) is 11.8 Å². The number of anilines is 1. The number of carbonyl (C=O) groups is 2. The summed E-state index contributed by atoms with van der Waals surface area (Å²) in [5.41, 5.74) is 1.35. The fraction of sp³-hybridized carbons (Fsp3) is 0.450. The minimum Gasteiger partial charge on any atom is -0.461 e. The molecule has 0 bridgehead atoms. The summed E-state index contributed by atoms with van der Waals surface area (Å²) in [4.78, 5) is 29.8. The summed E-state index contributed by atoms with van der Waals surface area (Å²) in [5, 5.41) is 3.56. The normalized spacial score (nSPS) is 14.3. The van der Waals surface area contributed by atoms with Crippen LogP contribution in [0.3, 0.4) is 0 Å². The van der Waals surface area contributed by atoms with Crippen molar-refractivity contribution < 1.29 is 14.3 Å². The lowest BCUT2D eigenvalue weighted by Crippen LogP contribution is -2.23. The molecule has 0 unspecified atom stereocenters. The van der Waals surface area contributed by atoms with Gasteiger partial charge in [0.25, 0.3) is 0 Å². The summed E-state index contributed by atoms with van der Waals surface area (Å²) in [7, 11) is 0. The number of esters is 1. The second kappa shape index (κ2) is 9.08. The van der Waals surface area contributed by atoms with Gasteiger partial charge in [0.1, 0.15) is 0 Å². The van der Waals surface area contributed by atoms with E-state index in [4.69, 9.17) is 4.74 Å². The monoisotopic (exact) mass is 387 g/mol. The third-order valence-electron chi connectivity index (χ3n) is 4.74. The summed E-state index contributed by atoms with van der Waals surface area (Å²) in [6.07, 6.45) is 5.82. The first-order chi connectivity index (χ1) is 13.1. The molecule has 1 N–H and O–H groups in total. The zero-order chi connectivity index (χ0) is 19.2. The first-order valence-corrected chi connectivity index (χ1v) is 10.5. The molecule has 1 heterocycles. The number of hydrogen-bond acceptors (Lipinski definition) is 5. The molecule has 0 atom stereocenters. The molecule has 1 aromatic heterocycles. The molecule has 0 saturated heterocycles. The molecule has 7 heteroatoms.